The van der Waals surface area contributed by atoms with E-state index in [2.05, 4.69) is 33.8 Å². The first kappa shape index (κ1) is 12.1. The molecule has 2 aliphatic heterocycles. The standard InChI is InChI=1S/C17H17N5/c1-11-6-8-19-17-14(11)21-10-9-20-15(21)13-3-2-7-18-16(13)22(17)12-4-5-12/h2-3,6-8,12H,4-5,9-10H2,1H3. The molecule has 5 rings (SSSR count). The van der Waals surface area contributed by atoms with Gasteiger partial charge in [-0.15, -0.1) is 0 Å². The predicted molar refractivity (Wildman–Crippen MR) is 87.1 cm³/mol. The third-order valence-corrected chi connectivity index (χ3v) is 4.61. The predicted octanol–water partition coefficient (Wildman–Crippen LogP) is 2.67. The minimum absolute atomic E-state index is 0.516. The average Bonchev–Trinajstić information content (AvgIpc) is 3.26. The maximum atomic E-state index is 4.76. The molecule has 0 spiro atoms. The van der Waals surface area contributed by atoms with Crippen molar-refractivity contribution in [3.05, 3.63) is 41.7 Å². The van der Waals surface area contributed by atoms with Gasteiger partial charge in [-0.25, -0.2) is 9.97 Å². The van der Waals surface area contributed by atoms with Crippen LogP contribution in [0.3, 0.4) is 0 Å². The third-order valence-electron chi connectivity index (χ3n) is 4.61. The quantitative estimate of drug-likeness (QED) is 0.810. The number of aliphatic imine (C=N–C) groups is 1. The highest BCUT2D eigenvalue weighted by Crippen LogP contribution is 2.46. The van der Waals surface area contributed by atoms with Gasteiger partial charge in [0.2, 0.25) is 0 Å². The number of amidine groups is 1. The molecule has 2 aromatic rings. The first-order valence-corrected chi connectivity index (χ1v) is 7.87. The number of nitrogens with zero attached hydrogens (tertiary/aromatic N) is 5. The fourth-order valence-corrected chi connectivity index (χ4v) is 3.48. The molecule has 2 aromatic heterocycles. The molecule has 22 heavy (non-hydrogen) atoms. The molecule has 0 atom stereocenters. The second kappa shape index (κ2) is 4.29. The molecule has 0 amide bonds. The Morgan fingerprint density at radius 3 is 2.82 bits per heavy atom. The zero-order chi connectivity index (χ0) is 14.7. The van der Waals surface area contributed by atoms with Crippen LogP contribution in [-0.4, -0.2) is 34.9 Å². The lowest BCUT2D eigenvalue weighted by Crippen LogP contribution is -2.28. The molecule has 0 N–H and O–H groups in total. The summed E-state index contributed by atoms with van der Waals surface area (Å²) in [5.41, 5.74) is 3.58. The summed E-state index contributed by atoms with van der Waals surface area (Å²) in [5.74, 6) is 3.09. The van der Waals surface area contributed by atoms with Gasteiger partial charge < -0.3 is 9.80 Å². The van der Waals surface area contributed by atoms with E-state index in [-0.39, 0.29) is 0 Å². The minimum Gasteiger partial charge on any atom is -0.321 e. The van der Waals surface area contributed by atoms with Gasteiger partial charge in [-0.2, -0.15) is 0 Å². The van der Waals surface area contributed by atoms with Crippen molar-refractivity contribution in [2.24, 2.45) is 4.99 Å². The Morgan fingerprint density at radius 1 is 1.09 bits per heavy atom. The number of hydrogen-bond acceptors (Lipinski definition) is 5. The Kier molecular flexibility index (Phi) is 2.37. The molecule has 0 unspecified atom stereocenters. The van der Waals surface area contributed by atoms with Crippen molar-refractivity contribution < 1.29 is 0 Å². The van der Waals surface area contributed by atoms with Crippen LogP contribution < -0.4 is 9.80 Å². The maximum absolute atomic E-state index is 4.76. The molecule has 3 aliphatic rings. The summed E-state index contributed by atoms with van der Waals surface area (Å²) in [5, 5.41) is 0. The van der Waals surface area contributed by atoms with E-state index < -0.39 is 0 Å². The molecule has 0 aromatic carbocycles. The summed E-state index contributed by atoms with van der Waals surface area (Å²) < 4.78 is 0. The van der Waals surface area contributed by atoms with Gasteiger partial charge in [-0.1, -0.05) is 0 Å². The van der Waals surface area contributed by atoms with Gasteiger partial charge in [0.25, 0.3) is 0 Å². The fourth-order valence-electron chi connectivity index (χ4n) is 3.48. The Labute approximate surface area is 129 Å². The van der Waals surface area contributed by atoms with Gasteiger partial charge in [0.1, 0.15) is 11.7 Å². The smallest absolute Gasteiger partial charge is 0.158 e. The zero-order valence-electron chi connectivity index (χ0n) is 12.5. The second-order valence-corrected chi connectivity index (χ2v) is 6.13. The zero-order valence-corrected chi connectivity index (χ0v) is 12.5. The molecule has 0 bridgehead atoms. The first-order valence-electron chi connectivity index (χ1n) is 7.87. The van der Waals surface area contributed by atoms with Crippen molar-refractivity contribution in [1.82, 2.24) is 9.97 Å². The van der Waals surface area contributed by atoms with Gasteiger partial charge in [0.05, 0.1) is 17.8 Å². The first-order chi connectivity index (χ1) is 10.8. The van der Waals surface area contributed by atoms with Gasteiger partial charge in [-0.3, -0.25) is 4.99 Å². The van der Waals surface area contributed by atoms with E-state index in [0.29, 0.717) is 6.04 Å². The Morgan fingerprint density at radius 2 is 1.95 bits per heavy atom. The summed E-state index contributed by atoms with van der Waals surface area (Å²) in [6, 6.07) is 6.74. The van der Waals surface area contributed by atoms with E-state index in [0.717, 1.165) is 36.1 Å². The highest BCUT2D eigenvalue weighted by atomic mass is 15.4. The molecule has 110 valence electrons. The summed E-state index contributed by atoms with van der Waals surface area (Å²) in [6.45, 7) is 3.91. The van der Waals surface area contributed by atoms with E-state index in [9.17, 15) is 0 Å². The van der Waals surface area contributed by atoms with Crippen LogP contribution in [0.5, 0.6) is 0 Å². The Hall–Kier alpha value is -2.43. The van der Waals surface area contributed by atoms with Crippen LogP contribution in [0.2, 0.25) is 0 Å². The van der Waals surface area contributed by atoms with Crippen molar-refractivity contribution in [2.45, 2.75) is 25.8 Å². The fraction of sp³-hybridized carbons (Fsp3) is 0.353. The van der Waals surface area contributed by atoms with Crippen LogP contribution in [0.15, 0.2) is 35.6 Å². The summed E-state index contributed by atoms with van der Waals surface area (Å²) in [7, 11) is 0. The molecular weight excluding hydrogens is 274 g/mol. The average molecular weight is 291 g/mol. The van der Waals surface area contributed by atoms with Crippen molar-refractivity contribution >= 4 is 23.2 Å². The highest BCUT2D eigenvalue weighted by Gasteiger charge is 2.40. The lowest BCUT2D eigenvalue weighted by atomic mass is 10.2. The van der Waals surface area contributed by atoms with E-state index >= 15 is 0 Å². The molecule has 5 heteroatoms. The molecule has 1 saturated carbocycles. The maximum Gasteiger partial charge on any atom is 0.158 e. The number of anilines is 3. The Balaban J connectivity index is 1.86. The van der Waals surface area contributed by atoms with E-state index in [1.165, 1.54) is 24.1 Å². The van der Waals surface area contributed by atoms with E-state index in [1.54, 1.807) is 0 Å². The van der Waals surface area contributed by atoms with E-state index in [4.69, 9.17) is 9.98 Å². The number of aromatic nitrogens is 2. The number of hydrogen-bond donors (Lipinski definition) is 0. The van der Waals surface area contributed by atoms with Crippen LogP contribution >= 0.6 is 0 Å². The largest absolute Gasteiger partial charge is 0.321 e. The SMILES string of the molecule is Cc1ccnc2c1N1CCN=C1c1cccnc1N2C1CC1. The summed E-state index contributed by atoms with van der Waals surface area (Å²) in [6.07, 6.45) is 6.19. The van der Waals surface area contributed by atoms with Crippen molar-refractivity contribution in [2.75, 3.05) is 22.9 Å². The molecule has 5 nitrogen and oxygen atoms in total. The van der Waals surface area contributed by atoms with E-state index in [1.807, 2.05) is 18.5 Å². The minimum atomic E-state index is 0.516. The van der Waals surface area contributed by atoms with Crippen LogP contribution in [0.1, 0.15) is 24.0 Å². The summed E-state index contributed by atoms with van der Waals surface area (Å²) >= 11 is 0. The lowest BCUT2D eigenvalue weighted by molar-refractivity contribution is 0.911. The molecule has 4 heterocycles. The number of fused-ring (bicyclic) bond motifs is 5. The molecule has 1 fully saturated rings. The second-order valence-electron chi connectivity index (χ2n) is 6.13. The van der Waals surface area contributed by atoms with Crippen molar-refractivity contribution in [3.63, 3.8) is 0 Å². The van der Waals surface area contributed by atoms with Gasteiger partial charge in [-0.05, 0) is 43.5 Å². The third kappa shape index (κ3) is 1.56. The van der Waals surface area contributed by atoms with Crippen molar-refractivity contribution in [3.8, 4) is 0 Å². The summed E-state index contributed by atoms with van der Waals surface area (Å²) in [4.78, 5) is 18.8. The molecule has 0 radical (unpaired) electrons. The number of aryl methyl sites for hydroxylation is 1. The molecule has 0 saturated heterocycles. The van der Waals surface area contributed by atoms with Crippen LogP contribution in [0.4, 0.5) is 17.3 Å². The number of pyridine rings is 2. The van der Waals surface area contributed by atoms with Crippen LogP contribution in [0.25, 0.3) is 0 Å². The number of rotatable bonds is 1. The normalized spacial score (nSPS) is 19.2. The van der Waals surface area contributed by atoms with Crippen LogP contribution in [0, 0.1) is 6.92 Å². The monoisotopic (exact) mass is 291 g/mol. The highest BCUT2D eigenvalue weighted by molar-refractivity contribution is 6.17. The van der Waals surface area contributed by atoms with Gasteiger partial charge in [0, 0.05) is 25.0 Å². The van der Waals surface area contributed by atoms with Crippen LogP contribution in [-0.2, 0) is 0 Å². The van der Waals surface area contributed by atoms with Crippen molar-refractivity contribution in [1.29, 1.82) is 0 Å². The molecular formula is C17H17N5. The molecule has 1 aliphatic carbocycles. The lowest BCUT2D eigenvalue weighted by Gasteiger charge is -2.26. The van der Waals surface area contributed by atoms with Gasteiger partial charge in [0.15, 0.2) is 5.82 Å². The van der Waals surface area contributed by atoms with Gasteiger partial charge >= 0.3 is 0 Å². The topological polar surface area (TPSA) is 44.6 Å². The Bertz CT molecular complexity index is 793.